The van der Waals surface area contributed by atoms with Crippen molar-refractivity contribution in [1.29, 1.82) is 0 Å². The predicted octanol–water partition coefficient (Wildman–Crippen LogP) is 1.27. The number of amides is 1. The number of hydrogen-bond donors (Lipinski definition) is 0. The summed E-state index contributed by atoms with van der Waals surface area (Å²) < 4.78 is 6.60. The number of ether oxygens (including phenoxy) is 1. The normalized spacial score (nSPS) is 27.8. The summed E-state index contributed by atoms with van der Waals surface area (Å²) in [4.78, 5) is 29.3. The van der Waals surface area contributed by atoms with E-state index in [4.69, 9.17) is 4.74 Å². The second-order valence-electron chi connectivity index (χ2n) is 9.63. The highest BCUT2D eigenvalue weighted by Gasteiger charge is 2.52. The smallest absolute Gasteiger partial charge is 0.336 e. The Labute approximate surface area is 191 Å². The Hall–Kier alpha value is -3.21. The van der Waals surface area contributed by atoms with E-state index in [1.165, 1.54) is 11.0 Å². The Balaban J connectivity index is 1.22. The second kappa shape index (κ2) is 7.98. The zero-order valence-electron chi connectivity index (χ0n) is 19.2. The number of likely N-dealkylation sites (tertiary alicyclic amines) is 1. The summed E-state index contributed by atoms with van der Waals surface area (Å²) in [6.07, 6.45) is 5.85. The van der Waals surface area contributed by atoms with E-state index in [9.17, 15) is 9.59 Å². The molecule has 2 aliphatic heterocycles. The van der Waals surface area contributed by atoms with Crippen molar-refractivity contribution < 1.29 is 14.3 Å². The molecular weight excluding hydrogens is 424 g/mol. The van der Waals surface area contributed by atoms with Crippen LogP contribution in [0.25, 0.3) is 5.82 Å². The number of esters is 1. The van der Waals surface area contributed by atoms with Crippen LogP contribution in [0, 0.1) is 5.41 Å². The largest absolute Gasteiger partial charge is 0.456 e. The van der Waals surface area contributed by atoms with Crippen LogP contribution in [0.4, 0.5) is 0 Å². The first-order valence-electron chi connectivity index (χ1n) is 11.3. The van der Waals surface area contributed by atoms with Gasteiger partial charge in [-0.15, -0.1) is 10.2 Å². The highest BCUT2D eigenvalue weighted by Crippen LogP contribution is 2.50. The number of hydrogen-bond acceptors (Lipinski definition) is 9. The predicted molar refractivity (Wildman–Crippen MR) is 116 cm³/mol. The zero-order valence-corrected chi connectivity index (χ0v) is 19.2. The number of tetrazole rings is 1. The SMILES string of the molecule is CC1=C(N2CC[C@]3(CC[C@@](C)(N(C)Cc4ccc(-n5cnnn5)nn4)CC3)C2=O)COC1=O. The van der Waals surface area contributed by atoms with Gasteiger partial charge in [-0.25, -0.2) is 4.79 Å². The van der Waals surface area contributed by atoms with Crippen LogP contribution in [0.3, 0.4) is 0 Å². The summed E-state index contributed by atoms with van der Waals surface area (Å²) in [5.74, 6) is 0.413. The van der Waals surface area contributed by atoms with E-state index in [0.29, 0.717) is 24.5 Å². The molecule has 1 spiro atoms. The molecule has 33 heavy (non-hydrogen) atoms. The van der Waals surface area contributed by atoms with Gasteiger partial charge in [-0.05, 0) is 75.6 Å². The van der Waals surface area contributed by atoms with Crippen molar-refractivity contribution >= 4 is 11.9 Å². The quantitative estimate of drug-likeness (QED) is 0.618. The third-order valence-electron chi connectivity index (χ3n) is 7.81. The van der Waals surface area contributed by atoms with Gasteiger partial charge < -0.3 is 9.64 Å². The van der Waals surface area contributed by atoms with Gasteiger partial charge in [0.2, 0.25) is 5.91 Å². The highest BCUT2D eigenvalue weighted by atomic mass is 16.5. The average Bonchev–Trinajstić information content (AvgIpc) is 3.54. The van der Waals surface area contributed by atoms with Crippen LogP contribution in [0.5, 0.6) is 0 Å². The van der Waals surface area contributed by atoms with Crippen molar-refractivity contribution in [3.05, 3.63) is 35.4 Å². The molecule has 1 saturated carbocycles. The minimum atomic E-state index is -0.327. The number of carbonyl (C=O) groups excluding carboxylic acids is 2. The third kappa shape index (κ3) is 3.69. The van der Waals surface area contributed by atoms with E-state index in [0.717, 1.165) is 43.5 Å². The summed E-state index contributed by atoms with van der Waals surface area (Å²) in [5.41, 5.74) is 1.82. The summed E-state index contributed by atoms with van der Waals surface area (Å²) in [6.45, 7) is 5.54. The Morgan fingerprint density at radius 1 is 1.12 bits per heavy atom. The number of carbonyl (C=O) groups is 2. The molecule has 0 bridgehead atoms. The van der Waals surface area contributed by atoms with E-state index < -0.39 is 0 Å². The maximum absolute atomic E-state index is 13.4. The highest BCUT2D eigenvalue weighted by molar-refractivity contribution is 5.94. The van der Waals surface area contributed by atoms with Crippen LogP contribution in [0.2, 0.25) is 0 Å². The van der Waals surface area contributed by atoms with Crippen molar-refractivity contribution in [3.8, 4) is 5.82 Å². The summed E-state index contributed by atoms with van der Waals surface area (Å²) in [6, 6.07) is 3.79. The van der Waals surface area contributed by atoms with Gasteiger partial charge in [0.05, 0.1) is 22.4 Å². The fourth-order valence-electron chi connectivity index (χ4n) is 5.20. The van der Waals surface area contributed by atoms with Crippen molar-refractivity contribution in [2.45, 2.75) is 58.0 Å². The van der Waals surface area contributed by atoms with Gasteiger partial charge in [-0.2, -0.15) is 9.78 Å². The van der Waals surface area contributed by atoms with Crippen molar-refractivity contribution in [2.24, 2.45) is 5.41 Å². The van der Waals surface area contributed by atoms with E-state index in [1.54, 1.807) is 11.8 Å². The number of rotatable bonds is 5. The monoisotopic (exact) mass is 452 g/mol. The number of aromatic nitrogens is 6. The summed E-state index contributed by atoms with van der Waals surface area (Å²) >= 11 is 0. The Kier molecular flexibility index (Phi) is 5.23. The molecule has 1 amide bonds. The van der Waals surface area contributed by atoms with Crippen LogP contribution in [-0.4, -0.2) is 77.8 Å². The molecule has 1 aliphatic carbocycles. The topological polar surface area (TPSA) is 119 Å². The van der Waals surface area contributed by atoms with E-state index in [-0.39, 0.29) is 29.4 Å². The summed E-state index contributed by atoms with van der Waals surface area (Å²) in [7, 11) is 2.10. The zero-order chi connectivity index (χ0) is 23.2. The van der Waals surface area contributed by atoms with E-state index in [1.807, 2.05) is 12.1 Å². The first-order valence-corrected chi connectivity index (χ1v) is 11.3. The molecule has 1 saturated heterocycles. The molecule has 174 valence electrons. The summed E-state index contributed by atoms with van der Waals surface area (Å²) in [5, 5.41) is 19.6. The Morgan fingerprint density at radius 2 is 1.91 bits per heavy atom. The van der Waals surface area contributed by atoms with Crippen LogP contribution in [0.1, 0.15) is 51.6 Å². The van der Waals surface area contributed by atoms with Gasteiger partial charge in [-0.1, -0.05) is 0 Å². The molecule has 4 heterocycles. The lowest BCUT2D eigenvalue weighted by molar-refractivity contribution is -0.139. The molecule has 11 nitrogen and oxygen atoms in total. The van der Waals surface area contributed by atoms with Crippen LogP contribution in [0.15, 0.2) is 29.7 Å². The number of nitrogens with zero attached hydrogens (tertiary/aromatic N) is 8. The molecule has 0 atom stereocenters. The van der Waals surface area contributed by atoms with Gasteiger partial charge in [0.15, 0.2) is 5.82 Å². The average molecular weight is 453 g/mol. The third-order valence-corrected chi connectivity index (χ3v) is 7.81. The minimum absolute atomic E-state index is 0.0310. The molecule has 0 aromatic carbocycles. The van der Waals surface area contributed by atoms with E-state index >= 15 is 0 Å². The molecular formula is C22H28N8O3. The van der Waals surface area contributed by atoms with Crippen molar-refractivity contribution in [2.75, 3.05) is 20.2 Å². The molecule has 2 aromatic heterocycles. The Bertz CT molecular complexity index is 1090. The van der Waals surface area contributed by atoms with Crippen molar-refractivity contribution in [3.63, 3.8) is 0 Å². The first-order chi connectivity index (χ1) is 15.8. The van der Waals surface area contributed by atoms with E-state index in [2.05, 4.69) is 44.6 Å². The standard InChI is InChI=1S/C22H28N8O3/c1-15-17(13-33-19(15)31)29-11-10-22(20(29)32)8-6-21(2,7-9-22)28(3)12-16-4-5-18(25-24-16)30-14-23-26-27-30/h4-5,14H,6-13H2,1-3H3/t21-,22-. The maximum Gasteiger partial charge on any atom is 0.336 e. The van der Waals surface area contributed by atoms with Gasteiger partial charge >= 0.3 is 5.97 Å². The molecule has 0 unspecified atom stereocenters. The first kappa shape index (κ1) is 21.6. The lowest BCUT2D eigenvalue weighted by Gasteiger charge is -2.47. The van der Waals surface area contributed by atoms with Gasteiger partial charge in [0.1, 0.15) is 12.9 Å². The molecule has 3 aliphatic rings. The number of cyclic esters (lactones) is 1. The van der Waals surface area contributed by atoms with Crippen LogP contribution in [-0.2, 0) is 20.9 Å². The molecule has 2 fully saturated rings. The molecule has 0 radical (unpaired) electrons. The lowest BCUT2D eigenvalue weighted by Crippen LogP contribution is -2.50. The van der Waals surface area contributed by atoms with Gasteiger partial charge in [-0.3, -0.25) is 9.69 Å². The molecule has 5 rings (SSSR count). The lowest BCUT2D eigenvalue weighted by atomic mass is 9.66. The molecule has 2 aromatic rings. The fraction of sp³-hybridized carbons (Fsp3) is 0.591. The Morgan fingerprint density at radius 3 is 2.52 bits per heavy atom. The molecule has 11 heteroatoms. The second-order valence-corrected chi connectivity index (χ2v) is 9.63. The molecule has 0 N–H and O–H groups in total. The van der Waals surface area contributed by atoms with Gasteiger partial charge in [0, 0.05) is 18.6 Å². The fourth-order valence-corrected chi connectivity index (χ4v) is 5.20. The van der Waals surface area contributed by atoms with Gasteiger partial charge in [0.25, 0.3) is 0 Å². The van der Waals surface area contributed by atoms with Crippen LogP contribution < -0.4 is 0 Å². The maximum atomic E-state index is 13.4. The minimum Gasteiger partial charge on any atom is -0.456 e. The van der Waals surface area contributed by atoms with Crippen LogP contribution >= 0.6 is 0 Å². The van der Waals surface area contributed by atoms with Crippen molar-refractivity contribution in [1.82, 2.24) is 40.2 Å².